The van der Waals surface area contributed by atoms with E-state index in [4.69, 9.17) is 10.9 Å². The molecule has 0 heterocycles. The molecule has 4 rings (SSSR count). The summed E-state index contributed by atoms with van der Waals surface area (Å²) >= 11 is 0. The van der Waals surface area contributed by atoms with Crippen molar-refractivity contribution in [2.75, 3.05) is 0 Å². The minimum Gasteiger partial charge on any atom is -0.376 e. The monoisotopic (exact) mass is 438 g/mol. The fourth-order valence-electron chi connectivity index (χ4n) is 4.97. The summed E-state index contributed by atoms with van der Waals surface area (Å²) in [5.74, 6) is 0.205. The van der Waals surface area contributed by atoms with Crippen LogP contribution in [0, 0.1) is 11.8 Å². The zero-order valence-electron chi connectivity index (χ0n) is 17.8. The highest BCUT2D eigenvalue weighted by molar-refractivity contribution is 5.97. The van der Waals surface area contributed by atoms with Gasteiger partial charge in [-0.1, -0.05) is 42.8 Å². The van der Waals surface area contributed by atoms with Gasteiger partial charge in [-0.05, 0) is 59.9 Å². The summed E-state index contributed by atoms with van der Waals surface area (Å²) in [7, 11) is 0. The minimum atomic E-state index is -1.65. The smallest absolute Gasteiger partial charge is 0.270 e. The maximum Gasteiger partial charge on any atom is 0.270 e. The van der Waals surface area contributed by atoms with Crippen LogP contribution in [0.3, 0.4) is 0 Å². The van der Waals surface area contributed by atoms with Gasteiger partial charge in [0.1, 0.15) is 12.3 Å². The highest BCUT2D eigenvalue weighted by Crippen LogP contribution is 2.44. The predicted molar refractivity (Wildman–Crippen MR) is 119 cm³/mol. The molecule has 2 amide bonds. The molecule has 8 heteroatoms. The average Bonchev–Trinajstić information content (AvgIpc) is 3.44. The number of nitrogens with two attached hydrogens (primary N) is 1. The van der Waals surface area contributed by atoms with E-state index in [0.29, 0.717) is 11.6 Å². The van der Waals surface area contributed by atoms with Crippen molar-refractivity contribution in [2.24, 2.45) is 17.6 Å². The summed E-state index contributed by atoms with van der Waals surface area (Å²) < 4.78 is 0. The molecular weight excluding hydrogens is 408 g/mol. The van der Waals surface area contributed by atoms with Crippen molar-refractivity contribution in [1.29, 1.82) is 0 Å². The maximum absolute atomic E-state index is 12.4. The van der Waals surface area contributed by atoms with Crippen LogP contribution in [-0.4, -0.2) is 40.4 Å². The quantitative estimate of drug-likeness (QED) is 0.210. The lowest BCUT2D eigenvalue weighted by Gasteiger charge is -2.23. The van der Waals surface area contributed by atoms with Crippen molar-refractivity contribution in [3.05, 3.63) is 59.7 Å². The molecule has 0 aromatic heterocycles. The van der Waals surface area contributed by atoms with Gasteiger partial charge in [0.25, 0.3) is 11.8 Å². The molecule has 2 aromatic carbocycles. The molecule has 7 N–H and O–H groups in total. The molecule has 2 aromatic rings. The van der Waals surface area contributed by atoms with Gasteiger partial charge in [-0.25, -0.2) is 5.48 Å². The Morgan fingerprint density at radius 2 is 1.66 bits per heavy atom. The molecular formula is C24H30N4O4. The molecule has 5 atom stereocenters. The first-order chi connectivity index (χ1) is 15.4. The highest BCUT2D eigenvalue weighted by Gasteiger charge is 2.38. The van der Waals surface area contributed by atoms with Gasteiger partial charge in [-0.3, -0.25) is 14.8 Å². The lowest BCUT2D eigenvalue weighted by atomic mass is 9.95. The van der Waals surface area contributed by atoms with Crippen molar-refractivity contribution in [1.82, 2.24) is 16.1 Å². The number of rotatable bonds is 8. The average molecular weight is 439 g/mol. The van der Waals surface area contributed by atoms with Crippen molar-refractivity contribution < 1.29 is 19.9 Å². The number of hydrogen-bond donors (Lipinski definition) is 6. The fraction of sp³-hybridized carbons (Fsp3) is 0.417. The summed E-state index contributed by atoms with van der Waals surface area (Å²) in [6, 6.07) is 14.5. The number of amides is 2. The van der Waals surface area contributed by atoms with E-state index in [1.807, 2.05) is 12.1 Å². The molecule has 2 aliphatic rings. The third kappa shape index (κ3) is 4.99. The largest absolute Gasteiger partial charge is 0.376 e. The summed E-state index contributed by atoms with van der Waals surface area (Å²) in [5, 5.41) is 24.2. The molecule has 0 saturated heterocycles. The second kappa shape index (κ2) is 9.79. The molecule has 0 spiro atoms. The Labute approximate surface area is 187 Å². The highest BCUT2D eigenvalue weighted by atomic mass is 16.5. The van der Waals surface area contributed by atoms with Crippen molar-refractivity contribution in [3.63, 3.8) is 0 Å². The molecule has 2 bridgehead atoms. The van der Waals surface area contributed by atoms with Gasteiger partial charge in [0.2, 0.25) is 0 Å². The predicted octanol–water partition coefficient (Wildman–Crippen LogP) is 1.51. The Morgan fingerprint density at radius 3 is 2.19 bits per heavy atom. The number of benzene rings is 2. The van der Waals surface area contributed by atoms with Gasteiger partial charge in [0.05, 0.1) is 0 Å². The lowest BCUT2D eigenvalue weighted by molar-refractivity contribution is -0.133. The number of fused-ring (bicyclic) bond motifs is 2. The van der Waals surface area contributed by atoms with Crippen LogP contribution in [0.15, 0.2) is 48.5 Å². The third-order valence-electron chi connectivity index (χ3n) is 6.76. The molecule has 0 unspecified atom stereocenters. The van der Waals surface area contributed by atoms with Crippen LogP contribution in [0.4, 0.5) is 0 Å². The summed E-state index contributed by atoms with van der Waals surface area (Å²) in [5.41, 5.74) is 10.2. The Hall–Kier alpha value is -2.78. The topological polar surface area (TPSA) is 137 Å². The molecule has 2 saturated carbocycles. The van der Waals surface area contributed by atoms with E-state index in [1.54, 1.807) is 12.1 Å². The number of carbonyl (C=O) groups excluding carboxylic acids is 2. The van der Waals surface area contributed by atoms with E-state index in [-0.39, 0.29) is 0 Å². The maximum atomic E-state index is 12.4. The fourth-order valence-corrected chi connectivity index (χ4v) is 4.97. The molecule has 170 valence electrons. The van der Waals surface area contributed by atoms with Crippen LogP contribution < -0.4 is 21.8 Å². The number of carbonyl (C=O) groups is 2. The van der Waals surface area contributed by atoms with E-state index in [2.05, 4.69) is 34.9 Å². The molecule has 8 nitrogen and oxygen atoms in total. The van der Waals surface area contributed by atoms with Gasteiger partial charge >= 0.3 is 0 Å². The molecule has 0 radical (unpaired) electrons. The Balaban J connectivity index is 1.34. The third-order valence-corrected chi connectivity index (χ3v) is 6.76. The number of aliphatic hydroxyl groups excluding tert-OH is 1. The standard InChI is InChI=1S/C24H30N4O4/c25-22(29)21(24(31)28-32)27-23(30)18-9-7-17(8-10-18)16-4-1-14(2-5-16)13-26-20-12-15-3-6-19(20)11-15/h1-2,4-5,7-10,15,19-22,26,29,32H,3,6,11-13,25H2,(H,27,30)(H,28,31)/t15-,19+,20+,21-,22-/m0/s1. The second-order valence-electron chi connectivity index (χ2n) is 8.85. The first-order valence-corrected chi connectivity index (χ1v) is 11.1. The Kier molecular flexibility index (Phi) is 6.86. The minimum absolute atomic E-state index is 0.303. The Bertz CT molecular complexity index is 945. The van der Waals surface area contributed by atoms with Crippen LogP contribution in [-0.2, 0) is 11.3 Å². The molecule has 32 heavy (non-hydrogen) atoms. The first-order valence-electron chi connectivity index (χ1n) is 11.1. The SMILES string of the molecule is N[C@@H](O)[C@H](NC(=O)c1ccc(-c2ccc(CN[C@@H]3C[C@H]4CC[C@@H]3C4)cc2)cc1)C(=O)NO. The number of aliphatic hydroxyl groups is 1. The van der Waals surface area contributed by atoms with E-state index in [0.717, 1.165) is 29.5 Å². The van der Waals surface area contributed by atoms with Crippen molar-refractivity contribution >= 4 is 11.8 Å². The summed E-state index contributed by atoms with van der Waals surface area (Å²) in [6.45, 7) is 0.878. The zero-order valence-corrected chi connectivity index (χ0v) is 17.8. The van der Waals surface area contributed by atoms with Crippen molar-refractivity contribution in [3.8, 4) is 11.1 Å². The van der Waals surface area contributed by atoms with Crippen LogP contribution in [0.25, 0.3) is 11.1 Å². The van der Waals surface area contributed by atoms with E-state index in [9.17, 15) is 14.7 Å². The number of hydrogen-bond acceptors (Lipinski definition) is 6. The zero-order chi connectivity index (χ0) is 22.7. The van der Waals surface area contributed by atoms with Crippen LogP contribution in [0.5, 0.6) is 0 Å². The molecule has 0 aliphatic heterocycles. The van der Waals surface area contributed by atoms with Crippen molar-refractivity contribution in [2.45, 2.75) is 50.5 Å². The number of nitrogens with one attached hydrogen (secondary N) is 3. The van der Waals surface area contributed by atoms with Gasteiger partial charge < -0.3 is 21.5 Å². The summed E-state index contributed by atoms with van der Waals surface area (Å²) in [6.07, 6.45) is 3.84. The van der Waals surface area contributed by atoms with Gasteiger partial charge in [0, 0.05) is 18.2 Å². The van der Waals surface area contributed by atoms with Gasteiger partial charge in [0.15, 0.2) is 0 Å². The van der Waals surface area contributed by atoms with Crippen LogP contribution in [0.2, 0.25) is 0 Å². The van der Waals surface area contributed by atoms with Crippen LogP contribution >= 0.6 is 0 Å². The van der Waals surface area contributed by atoms with Gasteiger partial charge in [-0.15, -0.1) is 0 Å². The van der Waals surface area contributed by atoms with Gasteiger partial charge in [-0.2, -0.15) is 0 Å². The summed E-state index contributed by atoms with van der Waals surface area (Å²) in [4.78, 5) is 23.9. The Morgan fingerprint density at radius 1 is 1.00 bits per heavy atom. The van der Waals surface area contributed by atoms with Crippen LogP contribution in [0.1, 0.15) is 41.6 Å². The molecule has 2 aliphatic carbocycles. The van der Waals surface area contributed by atoms with E-state index >= 15 is 0 Å². The molecule has 2 fully saturated rings. The number of hydroxylamine groups is 1. The second-order valence-corrected chi connectivity index (χ2v) is 8.85. The van der Waals surface area contributed by atoms with E-state index < -0.39 is 24.1 Å². The first kappa shape index (κ1) is 22.4. The van der Waals surface area contributed by atoms with E-state index in [1.165, 1.54) is 36.7 Å². The lowest BCUT2D eigenvalue weighted by Crippen LogP contribution is -2.55. The normalized spacial score (nSPS) is 23.5.